The quantitative estimate of drug-likeness (QED) is 0.884. The van der Waals surface area contributed by atoms with E-state index in [1.54, 1.807) is 0 Å². The van der Waals surface area contributed by atoms with Gasteiger partial charge in [-0.3, -0.25) is 0 Å². The summed E-state index contributed by atoms with van der Waals surface area (Å²) in [5, 5.41) is 3.32. The molecule has 2 bridgehead atoms. The molecular weight excluding hydrogens is 272 g/mol. The molecule has 0 saturated heterocycles. The fourth-order valence-corrected chi connectivity index (χ4v) is 4.37. The third-order valence-corrected chi connectivity index (χ3v) is 5.24. The fraction of sp³-hybridized carbons (Fsp3) is 0.647. The average molecular weight is 295 g/mol. The molecule has 3 rings (SSSR count). The number of fused-ring (bicyclic) bond motifs is 2. The molecule has 2 aliphatic carbocycles. The Labute approximate surface area is 124 Å². The van der Waals surface area contributed by atoms with Crippen LogP contribution in [0.5, 0.6) is 5.75 Å². The first-order chi connectivity index (χ1) is 10.1. The molecule has 1 aromatic carbocycles. The number of nitrogens with one attached hydrogen (secondary N) is 1. The molecule has 0 spiro atoms. The Balaban J connectivity index is 1.94. The van der Waals surface area contributed by atoms with Gasteiger partial charge in [-0.15, -0.1) is 0 Å². The van der Waals surface area contributed by atoms with Crippen molar-refractivity contribution in [1.29, 1.82) is 0 Å². The summed E-state index contributed by atoms with van der Waals surface area (Å²) in [6.45, 7) is 2.70. The van der Waals surface area contributed by atoms with Gasteiger partial charge in [0.15, 0.2) is 0 Å². The Kier molecular flexibility index (Phi) is 4.16. The Bertz CT molecular complexity index is 497. The van der Waals surface area contributed by atoms with Crippen molar-refractivity contribution in [3.63, 3.8) is 0 Å². The number of benzene rings is 1. The van der Waals surface area contributed by atoms with Crippen LogP contribution in [0.3, 0.4) is 0 Å². The van der Waals surface area contributed by atoms with Gasteiger partial charge in [0, 0.05) is 23.7 Å². The first-order valence-corrected chi connectivity index (χ1v) is 7.90. The molecular formula is C17H23F2NO. The molecule has 1 aromatic rings. The first-order valence-electron chi connectivity index (χ1n) is 7.90. The van der Waals surface area contributed by atoms with Gasteiger partial charge < -0.3 is 10.1 Å². The van der Waals surface area contributed by atoms with E-state index in [-0.39, 0.29) is 17.4 Å². The molecule has 2 nitrogen and oxygen atoms in total. The largest absolute Gasteiger partial charge is 0.497 e. The van der Waals surface area contributed by atoms with Crippen molar-refractivity contribution < 1.29 is 13.5 Å². The second-order valence-electron chi connectivity index (χ2n) is 6.38. The summed E-state index contributed by atoms with van der Waals surface area (Å²) < 4.78 is 33.8. The summed E-state index contributed by atoms with van der Waals surface area (Å²) in [6, 6.07) is 2.35. The van der Waals surface area contributed by atoms with Gasteiger partial charge in [-0.25, -0.2) is 8.78 Å². The number of methoxy groups -OCH3 is 1. The number of ether oxygens (including phenoxy) is 1. The lowest BCUT2D eigenvalue weighted by atomic mass is 9.80. The lowest BCUT2D eigenvalue weighted by molar-refractivity contribution is 0.243. The van der Waals surface area contributed by atoms with Gasteiger partial charge in [-0.05, 0) is 43.6 Å². The van der Waals surface area contributed by atoms with Crippen LogP contribution < -0.4 is 10.1 Å². The molecule has 0 aliphatic heterocycles. The molecule has 4 atom stereocenters. The highest BCUT2D eigenvalue weighted by Gasteiger charge is 2.44. The first kappa shape index (κ1) is 14.8. The molecule has 0 heterocycles. The van der Waals surface area contributed by atoms with E-state index in [1.807, 2.05) is 6.92 Å². The van der Waals surface area contributed by atoms with Crippen LogP contribution in [0.15, 0.2) is 12.1 Å². The minimum absolute atomic E-state index is 0.190. The van der Waals surface area contributed by atoms with Gasteiger partial charge >= 0.3 is 0 Å². The van der Waals surface area contributed by atoms with Crippen LogP contribution in [0, 0.1) is 29.4 Å². The van der Waals surface area contributed by atoms with Gasteiger partial charge in [0.2, 0.25) is 0 Å². The second-order valence-corrected chi connectivity index (χ2v) is 6.38. The number of hydrogen-bond acceptors (Lipinski definition) is 2. The summed E-state index contributed by atoms with van der Waals surface area (Å²) in [5.74, 6) is 0.949. The lowest BCUT2D eigenvalue weighted by Crippen LogP contribution is -2.32. The van der Waals surface area contributed by atoms with Gasteiger partial charge in [0.05, 0.1) is 7.11 Å². The Morgan fingerprint density at radius 2 is 1.95 bits per heavy atom. The van der Waals surface area contributed by atoms with E-state index >= 15 is 0 Å². The molecule has 0 aromatic heterocycles. The van der Waals surface area contributed by atoms with Crippen molar-refractivity contribution in [3.8, 4) is 5.75 Å². The minimum Gasteiger partial charge on any atom is -0.497 e. The topological polar surface area (TPSA) is 21.3 Å². The van der Waals surface area contributed by atoms with Gasteiger partial charge in [-0.1, -0.05) is 13.3 Å². The van der Waals surface area contributed by atoms with E-state index < -0.39 is 11.6 Å². The van der Waals surface area contributed by atoms with Crippen molar-refractivity contribution in [2.45, 2.75) is 38.6 Å². The zero-order chi connectivity index (χ0) is 15.0. The lowest BCUT2D eigenvalue weighted by Gasteiger charge is -2.32. The third kappa shape index (κ3) is 2.66. The van der Waals surface area contributed by atoms with Crippen LogP contribution in [-0.4, -0.2) is 13.7 Å². The van der Waals surface area contributed by atoms with Crippen LogP contribution in [-0.2, 0) is 0 Å². The fourth-order valence-electron chi connectivity index (χ4n) is 4.37. The molecule has 0 radical (unpaired) electrons. The Morgan fingerprint density at radius 1 is 1.24 bits per heavy atom. The van der Waals surface area contributed by atoms with Crippen LogP contribution in [0.2, 0.25) is 0 Å². The molecule has 2 saturated carbocycles. The summed E-state index contributed by atoms with van der Waals surface area (Å²) in [6.07, 6.45) is 4.81. The van der Waals surface area contributed by atoms with Crippen LogP contribution in [0.25, 0.3) is 0 Å². The summed E-state index contributed by atoms with van der Waals surface area (Å²) >= 11 is 0. The van der Waals surface area contributed by atoms with Gasteiger partial charge in [0.25, 0.3) is 0 Å². The summed E-state index contributed by atoms with van der Waals surface area (Å²) in [7, 11) is 1.42. The highest BCUT2D eigenvalue weighted by atomic mass is 19.1. The standard InChI is InChI=1S/C17H23F2NO/c1-3-20-17(13-7-10-4-5-11(13)6-10)16-14(18)8-12(21-2)9-15(16)19/h8-11,13,17,20H,3-7H2,1-2H3. The predicted molar refractivity (Wildman–Crippen MR) is 78.3 cm³/mol. The van der Waals surface area contributed by atoms with E-state index in [1.165, 1.54) is 38.5 Å². The summed E-state index contributed by atoms with van der Waals surface area (Å²) in [5.41, 5.74) is 0.190. The van der Waals surface area contributed by atoms with Crippen LogP contribution >= 0.6 is 0 Å². The summed E-state index contributed by atoms with van der Waals surface area (Å²) in [4.78, 5) is 0. The minimum atomic E-state index is -0.499. The van der Waals surface area contributed by atoms with E-state index in [0.29, 0.717) is 18.4 Å². The molecule has 116 valence electrons. The zero-order valence-corrected chi connectivity index (χ0v) is 12.7. The monoisotopic (exact) mass is 295 g/mol. The maximum absolute atomic E-state index is 14.4. The molecule has 0 amide bonds. The molecule has 21 heavy (non-hydrogen) atoms. The van der Waals surface area contributed by atoms with E-state index in [0.717, 1.165) is 12.3 Å². The van der Waals surface area contributed by atoms with Crippen molar-refractivity contribution >= 4 is 0 Å². The maximum Gasteiger partial charge on any atom is 0.134 e. The van der Waals surface area contributed by atoms with Crippen LogP contribution in [0.4, 0.5) is 8.78 Å². The van der Waals surface area contributed by atoms with Crippen molar-refractivity contribution in [1.82, 2.24) is 5.32 Å². The Morgan fingerprint density at radius 3 is 2.43 bits per heavy atom. The molecule has 2 fully saturated rings. The Hall–Kier alpha value is -1.16. The van der Waals surface area contributed by atoms with Gasteiger partial charge in [-0.2, -0.15) is 0 Å². The SMILES string of the molecule is CCNC(c1c(F)cc(OC)cc1F)C1CC2CCC1C2. The average Bonchev–Trinajstić information content (AvgIpc) is 3.08. The number of hydrogen-bond donors (Lipinski definition) is 1. The van der Waals surface area contributed by atoms with Gasteiger partial charge in [0.1, 0.15) is 17.4 Å². The number of rotatable bonds is 5. The zero-order valence-electron chi connectivity index (χ0n) is 12.7. The normalized spacial score (nSPS) is 28.9. The van der Waals surface area contributed by atoms with Crippen molar-refractivity contribution in [3.05, 3.63) is 29.3 Å². The molecule has 1 N–H and O–H groups in total. The maximum atomic E-state index is 14.4. The van der Waals surface area contributed by atoms with Crippen molar-refractivity contribution in [2.24, 2.45) is 17.8 Å². The number of halogens is 2. The van der Waals surface area contributed by atoms with Crippen LogP contribution in [0.1, 0.15) is 44.2 Å². The van der Waals surface area contributed by atoms with E-state index in [2.05, 4.69) is 5.32 Å². The smallest absolute Gasteiger partial charge is 0.134 e. The molecule has 4 unspecified atom stereocenters. The van der Waals surface area contributed by atoms with E-state index in [9.17, 15) is 8.78 Å². The third-order valence-electron chi connectivity index (χ3n) is 5.24. The van der Waals surface area contributed by atoms with E-state index in [4.69, 9.17) is 4.74 Å². The molecule has 4 heteroatoms. The predicted octanol–water partition coefficient (Wildman–Crippen LogP) is 4.06. The second kappa shape index (κ2) is 5.91. The van der Waals surface area contributed by atoms with Crippen molar-refractivity contribution in [2.75, 3.05) is 13.7 Å². The highest BCUT2D eigenvalue weighted by molar-refractivity contribution is 5.33. The molecule has 2 aliphatic rings. The highest BCUT2D eigenvalue weighted by Crippen LogP contribution is 2.53.